The predicted molar refractivity (Wildman–Crippen MR) is 286 cm³/mol. The van der Waals surface area contributed by atoms with Gasteiger partial charge in [-0.1, -0.05) is 115 Å². The average Bonchev–Trinajstić information content (AvgIpc) is 3.41. The fourth-order valence-electron chi connectivity index (χ4n) is 10.3. The van der Waals surface area contributed by atoms with Crippen LogP contribution in [0.25, 0.3) is 0 Å². The average molecular weight is 933 g/mol. The quantitative estimate of drug-likeness (QED) is 0.0866. The first-order valence-electron chi connectivity index (χ1n) is 25.8. The SMILES string of the molecule is CN1CCC(c2ccc(N)cc2)CC1.CN1CCC(c2ccc([N+](=O)[O-])cc2)CC1.CN1CCC(c2ccccc2)CC1.N#CC1(c2ccccc2)CCNCC1.c1ccc(C2CCNCC2)cc1. The molecule has 4 N–H and O–H groups in total. The summed E-state index contributed by atoms with van der Waals surface area (Å²) < 4.78 is 0. The Hall–Kier alpha value is -5.41. The van der Waals surface area contributed by atoms with Crippen molar-refractivity contribution in [1.29, 1.82) is 5.26 Å². The summed E-state index contributed by atoms with van der Waals surface area (Å²) in [6, 6.07) is 49.8. The van der Waals surface area contributed by atoms with Crippen LogP contribution in [0.5, 0.6) is 0 Å². The van der Waals surface area contributed by atoms with Crippen LogP contribution in [0.15, 0.2) is 140 Å². The Morgan fingerprint density at radius 3 is 1.22 bits per heavy atom. The molecule has 0 aromatic heterocycles. The number of anilines is 1. The topological polar surface area (TPSA) is 127 Å². The number of non-ortho nitro benzene ring substituents is 1. The second-order valence-electron chi connectivity index (χ2n) is 19.9. The van der Waals surface area contributed by atoms with E-state index in [9.17, 15) is 15.4 Å². The molecule has 69 heavy (non-hydrogen) atoms. The zero-order chi connectivity index (χ0) is 48.7. The zero-order valence-corrected chi connectivity index (χ0v) is 41.9. The molecule has 0 amide bonds. The Morgan fingerprint density at radius 2 is 0.841 bits per heavy atom. The van der Waals surface area contributed by atoms with Gasteiger partial charge in [-0.2, -0.15) is 5.26 Å². The third-order valence-electron chi connectivity index (χ3n) is 15.0. The van der Waals surface area contributed by atoms with E-state index in [-0.39, 0.29) is 16.0 Å². The minimum absolute atomic E-state index is 0.177. The van der Waals surface area contributed by atoms with Crippen LogP contribution in [0, 0.1) is 21.4 Å². The van der Waals surface area contributed by atoms with Crippen molar-refractivity contribution in [3.05, 3.63) is 177 Å². The van der Waals surface area contributed by atoms with E-state index in [1.807, 2.05) is 42.5 Å². The molecule has 5 heterocycles. The van der Waals surface area contributed by atoms with Crippen molar-refractivity contribution in [3.63, 3.8) is 0 Å². The molecule has 0 aliphatic carbocycles. The number of nitriles is 1. The summed E-state index contributed by atoms with van der Waals surface area (Å²) in [5, 5.41) is 26.5. The van der Waals surface area contributed by atoms with Crippen LogP contribution in [-0.4, -0.2) is 106 Å². The lowest BCUT2D eigenvalue weighted by atomic mass is 9.74. The largest absolute Gasteiger partial charge is 0.399 e. The summed E-state index contributed by atoms with van der Waals surface area (Å²) in [6.45, 7) is 11.4. The fraction of sp³-hybridized carbons (Fsp3) is 0.475. The van der Waals surface area contributed by atoms with Crippen LogP contribution in [0.1, 0.15) is 116 Å². The summed E-state index contributed by atoms with van der Waals surface area (Å²) in [5.41, 5.74) is 13.4. The van der Waals surface area contributed by atoms with Gasteiger partial charge in [-0.25, -0.2) is 0 Å². The maximum absolute atomic E-state index is 10.5. The smallest absolute Gasteiger partial charge is 0.269 e. The van der Waals surface area contributed by atoms with Gasteiger partial charge in [0.25, 0.3) is 5.69 Å². The number of nitrogens with two attached hydrogens (primary N) is 1. The van der Waals surface area contributed by atoms with Crippen molar-refractivity contribution in [2.75, 3.05) is 92.3 Å². The first-order valence-corrected chi connectivity index (χ1v) is 25.8. The van der Waals surface area contributed by atoms with Gasteiger partial charge in [-0.3, -0.25) is 10.1 Å². The number of rotatable bonds is 6. The van der Waals surface area contributed by atoms with Gasteiger partial charge in [0, 0.05) is 17.8 Å². The monoisotopic (exact) mass is 933 g/mol. The Balaban J connectivity index is 0.000000142. The van der Waals surface area contributed by atoms with Crippen molar-refractivity contribution in [2.24, 2.45) is 0 Å². The summed E-state index contributed by atoms with van der Waals surface area (Å²) in [6.07, 6.45) is 11.9. The molecule has 10 heteroatoms. The highest BCUT2D eigenvalue weighted by atomic mass is 16.6. The molecule has 0 atom stereocenters. The van der Waals surface area contributed by atoms with Crippen LogP contribution in [0.4, 0.5) is 11.4 Å². The number of nitro groups is 1. The van der Waals surface area contributed by atoms with Crippen molar-refractivity contribution in [1.82, 2.24) is 25.3 Å². The number of nitrogens with one attached hydrogen (secondary N) is 2. The summed E-state index contributed by atoms with van der Waals surface area (Å²) in [4.78, 5) is 17.3. The molecule has 5 aromatic carbocycles. The lowest BCUT2D eigenvalue weighted by Gasteiger charge is -2.31. The molecular weight excluding hydrogens is 853 g/mol. The summed E-state index contributed by atoms with van der Waals surface area (Å²) in [7, 11) is 6.53. The molecule has 5 aromatic rings. The number of nitro benzene ring substituents is 1. The number of nitrogen functional groups attached to an aromatic ring is 1. The van der Waals surface area contributed by atoms with Crippen LogP contribution in [0.2, 0.25) is 0 Å². The number of likely N-dealkylation sites (tertiary alicyclic amines) is 3. The molecule has 10 rings (SSSR count). The lowest BCUT2D eigenvalue weighted by Crippen LogP contribution is -2.38. The van der Waals surface area contributed by atoms with E-state index in [1.54, 1.807) is 12.1 Å². The van der Waals surface area contributed by atoms with Gasteiger partial charge in [0.2, 0.25) is 0 Å². The van der Waals surface area contributed by atoms with Crippen LogP contribution in [-0.2, 0) is 5.41 Å². The van der Waals surface area contributed by atoms with Gasteiger partial charge in [-0.15, -0.1) is 0 Å². The highest BCUT2D eigenvalue weighted by Gasteiger charge is 2.33. The normalized spacial score (nSPS) is 19.6. The Morgan fingerprint density at radius 1 is 0.507 bits per heavy atom. The Labute approximate surface area is 414 Å². The van der Waals surface area contributed by atoms with E-state index >= 15 is 0 Å². The number of nitrogens with zero attached hydrogens (tertiary/aromatic N) is 5. The van der Waals surface area contributed by atoms with Crippen LogP contribution < -0.4 is 16.4 Å². The van der Waals surface area contributed by atoms with Crippen LogP contribution >= 0.6 is 0 Å². The molecule has 0 bridgehead atoms. The number of hydrogen-bond donors (Lipinski definition) is 3. The minimum Gasteiger partial charge on any atom is -0.399 e. The van der Waals surface area contributed by atoms with Gasteiger partial charge in [0.15, 0.2) is 0 Å². The summed E-state index contributed by atoms with van der Waals surface area (Å²) in [5.74, 6) is 2.91. The summed E-state index contributed by atoms with van der Waals surface area (Å²) >= 11 is 0. The van der Waals surface area contributed by atoms with Gasteiger partial charge < -0.3 is 31.1 Å². The molecule has 5 saturated heterocycles. The van der Waals surface area contributed by atoms with E-state index < -0.39 is 0 Å². The molecule has 368 valence electrons. The van der Waals surface area contributed by atoms with Crippen molar-refractivity contribution < 1.29 is 4.92 Å². The van der Waals surface area contributed by atoms with E-state index in [4.69, 9.17) is 5.73 Å². The second kappa shape index (κ2) is 28.3. The molecule has 5 aliphatic rings. The van der Waals surface area contributed by atoms with Crippen molar-refractivity contribution in [3.8, 4) is 6.07 Å². The molecule has 10 nitrogen and oxygen atoms in total. The van der Waals surface area contributed by atoms with Gasteiger partial charge in [-0.05, 0) is 214 Å². The highest BCUT2D eigenvalue weighted by molar-refractivity contribution is 5.40. The maximum atomic E-state index is 10.5. The zero-order valence-electron chi connectivity index (χ0n) is 41.9. The molecule has 0 radical (unpaired) electrons. The Bertz CT molecular complexity index is 2200. The van der Waals surface area contributed by atoms with Crippen LogP contribution in [0.3, 0.4) is 0 Å². The maximum Gasteiger partial charge on any atom is 0.269 e. The number of hydrogen-bond acceptors (Lipinski definition) is 9. The fourth-order valence-corrected chi connectivity index (χ4v) is 10.3. The third kappa shape index (κ3) is 17.2. The van der Waals surface area contributed by atoms with E-state index in [2.05, 4.69) is 137 Å². The standard InChI is InChI=1S/C12H16N2O2.C12H18N2.C12H14N2.C12H17N.C11H15N/c1-13-8-6-11(7-9-13)10-2-4-12(5-3-10)14(15)16;1-14-8-6-11(7-9-14)10-2-4-12(13)5-3-10;13-10-12(6-8-14-9-7-12)11-4-2-1-3-5-11;1-13-9-7-12(8-10-13)11-5-3-2-4-6-11;1-2-4-10(5-3-1)11-6-8-12-9-7-11/h2-5,11H,6-9H2,1H3;2-5,11H,6-9,13H2,1H3;1-5,14H,6-9H2;2-6,12H,7-10H2,1H3;1-5,11-12H,6-9H2. The number of benzene rings is 5. The molecule has 0 unspecified atom stereocenters. The van der Waals surface area contributed by atoms with E-state index in [0.717, 1.165) is 75.3 Å². The van der Waals surface area contributed by atoms with E-state index in [0.29, 0.717) is 5.92 Å². The molecule has 0 spiro atoms. The van der Waals surface area contributed by atoms with Gasteiger partial charge in [0.1, 0.15) is 0 Å². The van der Waals surface area contributed by atoms with Crippen molar-refractivity contribution >= 4 is 11.4 Å². The highest BCUT2D eigenvalue weighted by Crippen LogP contribution is 2.33. The van der Waals surface area contributed by atoms with E-state index in [1.165, 1.54) is 106 Å². The molecule has 5 aliphatic heterocycles. The number of piperidine rings is 5. The van der Waals surface area contributed by atoms with Gasteiger partial charge >= 0.3 is 0 Å². The van der Waals surface area contributed by atoms with Gasteiger partial charge in [0.05, 0.1) is 16.4 Å². The molecule has 5 fully saturated rings. The Kier molecular flexibility index (Phi) is 21.7. The molecular formula is C59H80N8O2. The molecule has 0 saturated carbocycles. The lowest BCUT2D eigenvalue weighted by molar-refractivity contribution is -0.384. The predicted octanol–water partition coefficient (Wildman–Crippen LogP) is 11.0. The first-order chi connectivity index (χ1) is 33.6. The first kappa shape index (κ1) is 53.0. The third-order valence-corrected chi connectivity index (χ3v) is 15.0. The second-order valence-corrected chi connectivity index (χ2v) is 19.9. The minimum atomic E-state index is -0.349. The van der Waals surface area contributed by atoms with Crippen molar-refractivity contribution in [2.45, 2.75) is 93.3 Å².